The SMILES string of the molecule is CC(C)c1cc(F)cc(OCC(F)(F)F)c1. The second kappa shape index (κ2) is 4.72. The van der Waals surface area contributed by atoms with Crippen LogP contribution in [0.2, 0.25) is 0 Å². The van der Waals surface area contributed by atoms with Gasteiger partial charge in [0, 0.05) is 6.07 Å². The zero-order chi connectivity index (χ0) is 12.3. The first-order valence-electron chi connectivity index (χ1n) is 4.78. The Bertz CT molecular complexity index is 357. The van der Waals surface area contributed by atoms with Gasteiger partial charge in [0.2, 0.25) is 0 Å². The lowest BCUT2D eigenvalue weighted by Gasteiger charge is -2.12. The van der Waals surface area contributed by atoms with Crippen molar-refractivity contribution < 1.29 is 22.3 Å². The van der Waals surface area contributed by atoms with Crippen LogP contribution in [0.1, 0.15) is 25.3 Å². The Morgan fingerprint density at radius 1 is 1.19 bits per heavy atom. The maximum absolute atomic E-state index is 13.0. The van der Waals surface area contributed by atoms with Crippen molar-refractivity contribution in [2.45, 2.75) is 25.9 Å². The van der Waals surface area contributed by atoms with Gasteiger partial charge in [-0.25, -0.2) is 4.39 Å². The molecule has 0 saturated carbocycles. The predicted molar refractivity (Wildman–Crippen MR) is 52.0 cm³/mol. The summed E-state index contributed by atoms with van der Waals surface area (Å²) >= 11 is 0. The summed E-state index contributed by atoms with van der Waals surface area (Å²) in [6.07, 6.45) is -4.41. The highest BCUT2D eigenvalue weighted by Gasteiger charge is 2.28. The van der Waals surface area contributed by atoms with Gasteiger partial charge in [-0.2, -0.15) is 13.2 Å². The van der Waals surface area contributed by atoms with Gasteiger partial charge >= 0.3 is 6.18 Å². The standard InChI is InChI=1S/C11H12F4O/c1-7(2)8-3-9(12)5-10(4-8)16-6-11(13,14)15/h3-5,7H,6H2,1-2H3. The molecular weight excluding hydrogens is 224 g/mol. The highest BCUT2D eigenvalue weighted by Crippen LogP contribution is 2.24. The van der Waals surface area contributed by atoms with Crippen LogP contribution in [0, 0.1) is 5.82 Å². The van der Waals surface area contributed by atoms with E-state index in [1.807, 2.05) is 13.8 Å². The molecule has 0 bridgehead atoms. The third-order valence-electron chi connectivity index (χ3n) is 1.96. The van der Waals surface area contributed by atoms with Crippen LogP contribution >= 0.6 is 0 Å². The zero-order valence-electron chi connectivity index (χ0n) is 8.94. The van der Waals surface area contributed by atoms with E-state index in [4.69, 9.17) is 0 Å². The van der Waals surface area contributed by atoms with Gasteiger partial charge in [0.1, 0.15) is 11.6 Å². The van der Waals surface area contributed by atoms with Crippen LogP contribution < -0.4 is 4.74 Å². The van der Waals surface area contributed by atoms with Crippen molar-refractivity contribution >= 4 is 0 Å². The molecule has 0 N–H and O–H groups in total. The van der Waals surface area contributed by atoms with E-state index in [9.17, 15) is 17.6 Å². The number of rotatable bonds is 3. The molecule has 0 aliphatic rings. The van der Waals surface area contributed by atoms with E-state index in [0.29, 0.717) is 5.56 Å². The highest BCUT2D eigenvalue weighted by atomic mass is 19.4. The Morgan fingerprint density at radius 3 is 2.31 bits per heavy atom. The van der Waals surface area contributed by atoms with E-state index in [1.54, 1.807) is 0 Å². The summed E-state index contributed by atoms with van der Waals surface area (Å²) in [5.41, 5.74) is 0.608. The second-order valence-electron chi connectivity index (χ2n) is 3.78. The Hall–Kier alpha value is -1.26. The summed E-state index contributed by atoms with van der Waals surface area (Å²) in [6, 6.07) is 3.64. The molecule has 0 aliphatic heterocycles. The fourth-order valence-corrected chi connectivity index (χ4v) is 1.17. The van der Waals surface area contributed by atoms with E-state index >= 15 is 0 Å². The maximum atomic E-state index is 13.0. The van der Waals surface area contributed by atoms with Gasteiger partial charge in [-0.1, -0.05) is 13.8 Å². The van der Waals surface area contributed by atoms with Crippen LogP contribution in [0.3, 0.4) is 0 Å². The molecule has 0 unspecified atom stereocenters. The summed E-state index contributed by atoms with van der Waals surface area (Å²) in [4.78, 5) is 0. The summed E-state index contributed by atoms with van der Waals surface area (Å²) < 4.78 is 53.2. The number of hydrogen-bond donors (Lipinski definition) is 0. The summed E-state index contributed by atoms with van der Waals surface area (Å²) in [5, 5.41) is 0. The van der Waals surface area contributed by atoms with Crippen LogP contribution in [0.5, 0.6) is 5.75 Å². The topological polar surface area (TPSA) is 9.23 Å². The average molecular weight is 236 g/mol. The molecule has 1 rings (SSSR count). The van der Waals surface area contributed by atoms with Crippen LogP contribution in [0.4, 0.5) is 17.6 Å². The lowest BCUT2D eigenvalue weighted by molar-refractivity contribution is -0.153. The van der Waals surface area contributed by atoms with Crippen LogP contribution in [0.15, 0.2) is 18.2 Å². The molecule has 0 aliphatic carbocycles. The Kier molecular flexibility index (Phi) is 3.78. The van der Waals surface area contributed by atoms with Crippen molar-refractivity contribution in [3.63, 3.8) is 0 Å². The van der Waals surface area contributed by atoms with Gasteiger partial charge in [0.15, 0.2) is 6.61 Å². The Balaban J connectivity index is 2.81. The molecule has 0 fully saturated rings. The lowest BCUT2D eigenvalue weighted by Crippen LogP contribution is -2.19. The number of halogens is 4. The Morgan fingerprint density at radius 2 is 1.81 bits per heavy atom. The molecule has 90 valence electrons. The first kappa shape index (κ1) is 12.8. The molecule has 1 aromatic carbocycles. The summed E-state index contributed by atoms with van der Waals surface area (Å²) in [6.45, 7) is 2.23. The van der Waals surface area contributed by atoms with Crippen molar-refractivity contribution in [2.75, 3.05) is 6.61 Å². The highest BCUT2D eigenvalue weighted by molar-refractivity contribution is 5.31. The van der Waals surface area contributed by atoms with Crippen molar-refractivity contribution in [1.29, 1.82) is 0 Å². The van der Waals surface area contributed by atoms with E-state index in [-0.39, 0.29) is 11.7 Å². The third-order valence-corrected chi connectivity index (χ3v) is 1.96. The van der Waals surface area contributed by atoms with E-state index < -0.39 is 18.6 Å². The molecule has 0 heterocycles. The van der Waals surface area contributed by atoms with Crippen molar-refractivity contribution in [2.24, 2.45) is 0 Å². The fourth-order valence-electron chi connectivity index (χ4n) is 1.17. The summed E-state index contributed by atoms with van der Waals surface area (Å²) in [7, 11) is 0. The average Bonchev–Trinajstić information content (AvgIpc) is 2.13. The molecular formula is C11H12F4O. The van der Waals surface area contributed by atoms with Gasteiger partial charge in [-0.15, -0.1) is 0 Å². The molecule has 0 saturated heterocycles. The smallest absolute Gasteiger partial charge is 0.422 e. The number of benzene rings is 1. The first-order chi connectivity index (χ1) is 7.28. The quantitative estimate of drug-likeness (QED) is 0.723. The molecule has 1 aromatic rings. The van der Waals surface area contributed by atoms with Crippen molar-refractivity contribution in [3.05, 3.63) is 29.6 Å². The van der Waals surface area contributed by atoms with Crippen LogP contribution in [-0.2, 0) is 0 Å². The normalized spacial score (nSPS) is 11.9. The maximum Gasteiger partial charge on any atom is 0.422 e. The van der Waals surface area contributed by atoms with Gasteiger partial charge in [-0.3, -0.25) is 0 Å². The van der Waals surface area contributed by atoms with Gasteiger partial charge in [-0.05, 0) is 23.6 Å². The molecule has 0 spiro atoms. The Labute approximate surface area is 91.0 Å². The number of alkyl halides is 3. The van der Waals surface area contributed by atoms with Crippen LogP contribution in [-0.4, -0.2) is 12.8 Å². The monoisotopic (exact) mass is 236 g/mol. The molecule has 0 atom stereocenters. The molecule has 0 radical (unpaired) electrons. The van der Waals surface area contributed by atoms with E-state index in [2.05, 4.69) is 4.74 Å². The van der Waals surface area contributed by atoms with Crippen LogP contribution in [0.25, 0.3) is 0 Å². The molecule has 0 amide bonds. The van der Waals surface area contributed by atoms with Crippen molar-refractivity contribution in [1.82, 2.24) is 0 Å². The largest absolute Gasteiger partial charge is 0.484 e. The first-order valence-corrected chi connectivity index (χ1v) is 4.78. The van der Waals surface area contributed by atoms with E-state index in [0.717, 1.165) is 6.07 Å². The molecule has 1 nitrogen and oxygen atoms in total. The van der Waals surface area contributed by atoms with Gasteiger partial charge < -0.3 is 4.74 Å². The molecule has 5 heteroatoms. The fraction of sp³-hybridized carbons (Fsp3) is 0.455. The summed E-state index contributed by atoms with van der Waals surface area (Å²) in [5.74, 6) is -0.659. The number of ether oxygens (including phenoxy) is 1. The van der Waals surface area contributed by atoms with E-state index in [1.165, 1.54) is 12.1 Å². The molecule has 0 aromatic heterocycles. The minimum atomic E-state index is -4.41. The van der Waals surface area contributed by atoms with Gasteiger partial charge in [0.25, 0.3) is 0 Å². The second-order valence-corrected chi connectivity index (χ2v) is 3.78. The van der Waals surface area contributed by atoms with Crippen molar-refractivity contribution in [3.8, 4) is 5.75 Å². The minimum Gasteiger partial charge on any atom is -0.484 e. The zero-order valence-corrected chi connectivity index (χ0v) is 8.94. The predicted octanol–water partition coefficient (Wildman–Crippen LogP) is 3.89. The van der Waals surface area contributed by atoms with Gasteiger partial charge in [0.05, 0.1) is 0 Å². The minimum absolute atomic E-state index is 0.0314. The number of hydrogen-bond acceptors (Lipinski definition) is 1. The third kappa shape index (κ3) is 4.08. The lowest BCUT2D eigenvalue weighted by atomic mass is 10.0. The molecule has 16 heavy (non-hydrogen) atoms.